The summed E-state index contributed by atoms with van der Waals surface area (Å²) in [5.41, 5.74) is 0. The Labute approximate surface area is 107 Å². The molecule has 10 heteroatoms. The Balaban J connectivity index is 0. The molecule has 0 unspecified atom stereocenters. The van der Waals surface area contributed by atoms with Gasteiger partial charge in [-0.1, -0.05) is 0 Å². The minimum Gasteiger partial charge on any atom is -0.314 e. The summed E-state index contributed by atoms with van der Waals surface area (Å²) in [7, 11) is 0. The molecule has 0 spiro atoms. The van der Waals surface area contributed by atoms with Crippen LogP contribution < -0.4 is 5.32 Å². The van der Waals surface area contributed by atoms with Crippen LogP contribution in [0.3, 0.4) is 0 Å². The smallest absolute Gasteiger partial charge is 0.314 e. The molecule has 1 fully saturated rings. The number of piperazine rings is 1. The third-order valence-corrected chi connectivity index (χ3v) is 2.14. The van der Waals surface area contributed by atoms with Gasteiger partial charge < -0.3 is 5.32 Å². The summed E-state index contributed by atoms with van der Waals surface area (Å²) in [4.78, 5) is 0.413. The van der Waals surface area contributed by atoms with Gasteiger partial charge in [0.15, 0.2) is 0 Å². The molecule has 106 valence electrons. The molecule has 17 heavy (non-hydrogen) atoms. The van der Waals surface area contributed by atoms with Gasteiger partial charge in [-0.25, -0.2) is 0 Å². The van der Waals surface area contributed by atoms with E-state index >= 15 is 0 Å². The third kappa shape index (κ3) is 5.50. The van der Waals surface area contributed by atoms with Crippen LogP contribution in [0.1, 0.15) is 0 Å². The predicted octanol–water partition coefficient (Wildman–Crippen LogP) is 2.23. The summed E-state index contributed by atoms with van der Waals surface area (Å²) in [6.07, 6.45) is -10.5. The maximum absolute atomic E-state index is 12.2. The van der Waals surface area contributed by atoms with E-state index in [1.54, 1.807) is 0 Å². The van der Waals surface area contributed by atoms with Crippen molar-refractivity contribution in [1.29, 1.82) is 0 Å². The molecule has 1 aliphatic rings. The van der Waals surface area contributed by atoms with Crippen LogP contribution in [0.25, 0.3) is 0 Å². The molecule has 0 amide bonds. The van der Waals surface area contributed by atoms with Crippen molar-refractivity contribution in [3.8, 4) is 0 Å². The Bertz CT molecular complexity index is 199. The fourth-order valence-corrected chi connectivity index (χ4v) is 1.54. The van der Waals surface area contributed by atoms with Gasteiger partial charge in [0.25, 0.3) is 0 Å². The van der Waals surface area contributed by atoms with Crippen molar-refractivity contribution in [1.82, 2.24) is 10.2 Å². The maximum atomic E-state index is 12.2. The zero-order chi connectivity index (χ0) is 11.7. The van der Waals surface area contributed by atoms with Crippen molar-refractivity contribution in [2.24, 2.45) is 0 Å². The summed E-state index contributed by atoms with van der Waals surface area (Å²) in [6, 6.07) is -3.34. The van der Waals surface area contributed by atoms with Crippen LogP contribution in [-0.2, 0) is 0 Å². The quantitative estimate of drug-likeness (QED) is 0.747. The second kappa shape index (κ2) is 6.86. The molecule has 1 heterocycles. The van der Waals surface area contributed by atoms with E-state index in [-0.39, 0.29) is 51.0 Å². The molecule has 0 saturated carbocycles. The first-order valence-electron chi connectivity index (χ1n) is 4.31. The SMILES string of the molecule is Cl.Cl.FC(F)(F)C(N1CCNCC1)C(F)(F)F. The highest BCUT2D eigenvalue weighted by Gasteiger charge is 2.59. The van der Waals surface area contributed by atoms with E-state index in [0.29, 0.717) is 4.90 Å². The minimum atomic E-state index is -5.27. The Hall–Kier alpha value is 0.0800. The van der Waals surface area contributed by atoms with E-state index in [9.17, 15) is 26.3 Å². The topological polar surface area (TPSA) is 15.3 Å². The van der Waals surface area contributed by atoms with E-state index in [0.717, 1.165) is 0 Å². The number of alkyl halides is 6. The lowest BCUT2D eigenvalue weighted by Gasteiger charge is -2.36. The number of halogens is 8. The Kier molecular flexibility index (Phi) is 7.84. The molecule has 0 bridgehead atoms. The van der Waals surface area contributed by atoms with Crippen LogP contribution >= 0.6 is 24.8 Å². The standard InChI is InChI=1S/C7H10F6N2.2ClH/c8-6(9,10)5(7(11,12)13)15-3-1-14-2-4-15;;/h5,14H,1-4H2;2*1H. The van der Waals surface area contributed by atoms with E-state index in [4.69, 9.17) is 0 Å². The Morgan fingerprint density at radius 1 is 0.824 bits per heavy atom. The molecule has 0 aliphatic carbocycles. The van der Waals surface area contributed by atoms with Gasteiger partial charge in [-0.05, 0) is 0 Å². The van der Waals surface area contributed by atoms with Gasteiger partial charge in [0.05, 0.1) is 0 Å². The molecular formula is C7H12Cl2F6N2. The van der Waals surface area contributed by atoms with Crippen LogP contribution in [0.4, 0.5) is 26.3 Å². The first-order chi connectivity index (χ1) is 6.73. The second-order valence-electron chi connectivity index (χ2n) is 3.27. The van der Waals surface area contributed by atoms with Crippen molar-refractivity contribution in [3.05, 3.63) is 0 Å². The molecular weight excluding hydrogens is 297 g/mol. The molecule has 0 aromatic heterocycles. The normalized spacial score (nSPS) is 18.5. The number of hydrogen-bond donors (Lipinski definition) is 1. The molecule has 0 aromatic carbocycles. The van der Waals surface area contributed by atoms with Gasteiger partial charge in [0.1, 0.15) is 0 Å². The molecule has 0 radical (unpaired) electrons. The summed E-state index contributed by atoms with van der Waals surface area (Å²) >= 11 is 0. The number of hydrogen-bond acceptors (Lipinski definition) is 2. The average molecular weight is 309 g/mol. The predicted molar refractivity (Wildman–Crippen MR) is 54.8 cm³/mol. The lowest BCUT2D eigenvalue weighted by molar-refractivity contribution is -0.288. The van der Waals surface area contributed by atoms with Gasteiger partial charge >= 0.3 is 12.4 Å². The summed E-state index contributed by atoms with van der Waals surface area (Å²) in [6.45, 7) is -0.210. The highest BCUT2D eigenvalue weighted by molar-refractivity contribution is 5.85. The minimum absolute atomic E-state index is 0. The maximum Gasteiger partial charge on any atom is 0.412 e. The second-order valence-corrected chi connectivity index (χ2v) is 3.27. The van der Waals surface area contributed by atoms with Crippen molar-refractivity contribution in [3.63, 3.8) is 0 Å². The molecule has 2 nitrogen and oxygen atoms in total. The first kappa shape index (κ1) is 19.4. The average Bonchev–Trinajstić information content (AvgIpc) is 2.00. The highest BCUT2D eigenvalue weighted by Crippen LogP contribution is 2.37. The largest absolute Gasteiger partial charge is 0.412 e. The fraction of sp³-hybridized carbons (Fsp3) is 1.00. The fourth-order valence-electron chi connectivity index (χ4n) is 1.54. The van der Waals surface area contributed by atoms with Crippen LogP contribution in [-0.4, -0.2) is 49.5 Å². The molecule has 1 saturated heterocycles. The van der Waals surface area contributed by atoms with Crippen LogP contribution in [0, 0.1) is 0 Å². The van der Waals surface area contributed by atoms with Gasteiger partial charge in [0.2, 0.25) is 6.04 Å². The van der Waals surface area contributed by atoms with Crippen LogP contribution in [0.5, 0.6) is 0 Å². The lowest BCUT2D eigenvalue weighted by atomic mass is 10.2. The molecule has 0 atom stereocenters. The van der Waals surface area contributed by atoms with Gasteiger partial charge in [0, 0.05) is 26.2 Å². The lowest BCUT2D eigenvalue weighted by Crippen LogP contribution is -2.59. The number of nitrogens with zero attached hydrogens (tertiary/aromatic N) is 1. The first-order valence-corrected chi connectivity index (χ1v) is 4.31. The van der Waals surface area contributed by atoms with Crippen molar-refractivity contribution < 1.29 is 26.3 Å². The van der Waals surface area contributed by atoms with E-state index in [1.807, 2.05) is 0 Å². The summed E-state index contributed by atoms with van der Waals surface area (Å²) in [5, 5.41) is 2.70. The zero-order valence-corrected chi connectivity index (χ0v) is 10.1. The molecule has 1 aliphatic heterocycles. The van der Waals surface area contributed by atoms with E-state index < -0.39 is 18.4 Å². The summed E-state index contributed by atoms with van der Waals surface area (Å²) in [5.74, 6) is 0. The number of nitrogens with one attached hydrogen (secondary N) is 1. The van der Waals surface area contributed by atoms with Gasteiger partial charge in [-0.3, -0.25) is 4.90 Å². The van der Waals surface area contributed by atoms with E-state index in [2.05, 4.69) is 5.32 Å². The molecule has 1 rings (SSSR count). The number of rotatable bonds is 1. The van der Waals surface area contributed by atoms with Crippen molar-refractivity contribution in [2.45, 2.75) is 18.4 Å². The van der Waals surface area contributed by atoms with Gasteiger partial charge in [-0.2, -0.15) is 26.3 Å². The summed E-state index contributed by atoms with van der Waals surface area (Å²) < 4.78 is 73.3. The van der Waals surface area contributed by atoms with Crippen molar-refractivity contribution >= 4 is 24.8 Å². The Morgan fingerprint density at radius 3 is 1.47 bits per heavy atom. The highest BCUT2D eigenvalue weighted by atomic mass is 35.5. The van der Waals surface area contributed by atoms with Crippen molar-refractivity contribution in [2.75, 3.05) is 26.2 Å². The van der Waals surface area contributed by atoms with Gasteiger partial charge in [-0.15, -0.1) is 24.8 Å². The third-order valence-electron chi connectivity index (χ3n) is 2.14. The zero-order valence-electron chi connectivity index (χ0n) is 8.44. The molecule has 1 N–H and O–H groups in total. The van der Waals surface area contributed by atoms with Crippen LogP contribution in [0.2, 0.25) is 0 Å². The Morgan fingerprint density at radius 2 is 1.18 bits per heavy atom. The monoisotopic (exact) mass is 308 g/mol. The van der Waals surface area contributed by atoms with Crippen LogP contribution in [0.15, 0.2) is 0 Å². The van der Waals surface area contributed by atoms with E-state index in [1.165, 1.54) is 0 Å². The molecule has 0 aromatic rings.